The van der Waals surface area contributed by atoms with E-state index < -0.39 is 0 Å². The van der Waals surface area contributed by atoms with E-state index in [0.717, 1.165) is 16.7 Å². The van der Waals surface area contributed by atoms with Gasteiger partial charge in [0.2, 0.25) is 0 Å². The van der Waals surface area contributed by atoms with E-state index in [-0.39, 0.29) is 12.0 Å². The van der Waals surface area contributed by atoms with E-state index in [9.17, 15) is 5.11 Å². The number of nitrogens with zero attached hydrogens (tertiary/aromatic N) is 1. The second-order valence-corrected chi connectivity index (χ2v) is 5.57. The molecule has 2 nitrogen and oxygen atoms in total. The molecule has 0 bridgehead atoms. The minimum atomic E-state index is -0.0724. The van der Waals surface area contributed by atoms with Crippen LogP contribution in [0.2, 0.25) is 0 Å². The van der Waals surface area contributed by atoms with Crippen molar-refractivity contribution in [1.82, 2.24) is 0 Å². The van der Waals surface area contributed by atoms with Crippen molar-refractivity contribution in [3.63, 3.8) is 0 Å². The number of hydrogen-bond donors (Lipinski definition) is 1. The van der Waals surface area contributed by atoms with Crippen LogP contribution in [0, 0.1) is 5.41 Å². The Bertz CT molecular complexity index is 325. The van der Waals surface area contributed by atoms with E-state index in [4.69, 9.17) is 0 Å². The lowest BCUT2D eigenvalue weighted by molar-refractivity contribution is 0.165. The van der Waals surface area contributed by atoms with Gasteiger partial charge >= 0.3 is 0 Å². The molecule has 1 aromatic rings. The van der Waals surface area contributed by atoms with Crippen molar-refractivity contribution in [2.24, 2.45) is 5.41 Å². The van der Waals surface area contributed by atoms with Crippen LogP contribution in [-0.2, 0) is 0 Å². The highest BCUT2D eigenvalue weighted by molar-refractivity contribution is 9.10. The average Bonchev–Trinajstić information content (AvgIpc) is 2.17. The first kappa shape index (κ1) is 12.5. The van der Waals surface area contributed by atoms with Gasteiger partial charge in [0.05, 0.1) is 0 Å². The summed E-state index contributed by atoms with van der Waals surface area (Å²) in [6.07, 6.45) is 0. The first-order chi connectivity index (χ1) is 6.94. The van der Waals surface area contributed by atoms with E-state index in [0.29, 0.717) is 0 Å². The fraction of sp³-hybridized carbons (Fsp3) is 0.500. The molecule has 0 atom stereocenters. The van der Waals surface area contributed by atoms with E-state index in [2.05, 4.69) is 46.8 Å². The Morgan fingerprint density at radius 1 is 1.40 bits per heavy atom. The van der Waals surface area contributed by atoms with Crippen molar-refractivity contribution in [3.05, 3.63) is 28.7 Å². The van der Waals surface area contributed by atoms with Crippen LogP contribution in [0.3, 0.4) is 0 Å². The highest BCUT2D eigenvalue weighted by Crippen LogP contribution is 2.23. The third-order valence-corrected chi connectivity index (χ3v) is 2.84. The van der Waals surface area contributed by atoms with Gasteiger partial charge in [-0.3, -0.25) is 0 Å². The molecule has 1 aromatic carbocycles. The number of hydrogen-bond acceptors (Lipinski definition) is 2. The third-order valence-electron chi connectivity index (χ3n) is 2.34. The molecule has 0 spiro atoms. The number of aliphatic hydroxyl groups excluding tert-OH is 1. The van der Waals surface area contributed by atoms with Gasteiger partial charge in [0.15, 0.2) is 0 Å². The molecule has 3 heteroatoms. The highest BCUT2D eigenvalue weighted by atomic mass is 79.9. The number of aliphatic hydroxyl groups is 1. The van der Waals surface area contributed by atoms with Crippen molar-refractivity contribution in [2.45, 2.75) is 13.8 Å². The summed E-state index contributed by atoms with van der Waals surface area (Å²) in [5, 5.41) is 9.21. The number of benzene rings is 1. The van der Waals surface area contributed by atoms with E-state index in [1.807, 2.05) is 19.2 Å². The van der Waals surface area contributed by atoms with Gasteiger partial charge in [-0.25, -0.2) is 0 Å². The average molecular weight is 272 g/mol. The fourth-order valence-electron chi connectivity index (χ4n) is 1.50. The van der Waals surface area contributed by atoms with Crippen molar-refractivity contribution < 1.29 is 5.11 Å². The van der Waals surface area contributed by atoms with Crippen LogP contribution in [0.5, 0.6) is 0 Å². The van der Waals surface area contributed by atoms with Crippen LogP contribution in [0.15, 0.2) is 28.7 Å². The third kappa shape index (κ3) is 3.84. The largest absolute Gasteiger partial charge is 0.396 e. The number of anilines is 1. The van der Waals surface area contributed by atoms with Crippen molar-refractivity contribution in [3.8, 4) is 0 Å². The molecule has 0 aliphatic heterocycles. The predicted octanol–water partition coefficient (Wildman–Crippen LogP) is 2.90. The molecule has 0 unspecified atom stereocenters. The highest BCUT2D eigenvalue weighted by Gasteiger charge is 2.19. The van der Waals surface area contributed by atoms with Crippen LogP contribution in [0.4, 0.5) is 5.69 Å². The summed E-state index contributed by atoms with van der Waals surface area (Å²) in [4.78, 5) is 2.15. The topological polar surface area (TPSA) is 23.5 Å². The molecule has 0 amide bonds. The van der Waals surface area contributed by atoms with Crippen LogP contribution in [0.1, 0.15) is 13.8 Å². The summed E-state index contributed by atoms with van der Waals surface area (Å²) in [5.41, 5.74) is 1.09. The van der Waals surface area contributed by atoms with Crippen molar-refractivity contribution in [1.29, 1.82) is 0 Å². The molecule has 1 N–H and O–H groups in total. The Morgan fingerprint density at radius 3 is 2.60 bits per heavy atom. The monoisotopic (exact) mass is 271 g/mol. The fourth-order valence-corrected chi connectivity index (χ4v) is 1.88. The Kier molecular flexibility index (Phi) is 4.17. The molecule has 0 radical (unpaired) electrons. The molecular formula is C12H18BrNO. The summed E-state index contributed by atoms with van der Waals surface area (Å²) in [5.74, 6) is 0. The maximum Gasteiger partial charge on any atom is 0.0499 e. The smallest absolute Gasteiger partial charge is 0.0499 e. The van der Waals surface area contributed by atoms with Gasteiger partial charge in [0.25, 0.3) is 0 Å². The molecule has 1 rings (SSSR count). The molecule has 0 aliphatic rings. The standard InChI is InChI=1S/C12H18BrNO/c1-12(2,9-15)8-14(3)11-6-4-5-10(13)7-11/h4-7,15H,8-9H2,1-3H3. The maximum absolute atomic E-state index is 9.21. The zero-order chi connectivity index (χ0) is 11.5. The molecule has 15 heavy (non-hydrogen) atoms. The van der Waals surface area contributed by atoms with Crippen LogP contribution in [0.25, 0.3) is 0 Å². The van der Waals surface area contributed by atoms with Crippen LogP contribution >= 0.6 is 15.9 Å². The zero-order valence-corrected chi connectivity index (χ0v) is 11.1. The Balaban J connectivity index is 2.73. The van der Waals surface area contributed by atoms with Gasteiger partial charge in [0.1, 0.15) is 0 Å². The van der Waals surface area contributed by atoms with Crippen molar-refractivity contribution >= 4 is 21.6 Å². The summed E-state index contributed by atoms with van der Waals surface area (Å²) in [6, 6.07) is 8.17. The van der Waals surface area contributed by atoms with Gasteiger partial charge in [-0.2, -0.15) is 0 Å². The molecule has 0 saturated heterocycles. The van der Waals surface area contributed by atoms with E-state index in [1.165, 1.54) is 0 Å². The Labute approximate surface area is 100 Å². The molecule has 0 aliphatic carbocycles. The first-order valence-corrected chi connectivity index (χ1v) is 5.81. The Morgan fingerprint density at radius 2 is 2.07 bits per heavy atom. The minimum absolute atomic E-state index is 0.0724. The normalized spacial score (nSPS) is 11.5. The molecule has 84 valence electrons. The predicted molar refractivity (Wildman–Crippen MR) is 68.3 cm³/mol. The lowest BCUT2D eigenvalue weighted by Gasteiger charge is -2.30. The van der Waals surface area contributed by atoms with Gasteiger partial charge in [-0.05, 0) is 18.2 Å². The van der Waals surface area contributed by atoms with Gasteiger partial charge in [0, 0.05) is 35.8 Å². The lowest BCUT2D eigenvalue weighted by atomic mass is 9.94. The number of halogens is 1. The SMILES string of the molecule is CN(CC(C)(C)CO)c1cccc(Br)c1. The number of rotatable bonds is 4. The quantitative estimate of drug-likeness (QED) is 0.911. The first-order valence-electron chi connectivity index (χ1n) is 5.02. The second kappa shape index (κ2) is 4.99. The lowest BCUT2D eigenvalue weighted by Crippen LogP contribution is -2.33. The zero-order valence-electron chi connectivity index (χ0n) is 9.50. The van der Waals surface area contributed by atoms with Gasteiger partial charge < -0.3 is 10.0 Å². The summed E-state index contributed by atoms with van der Waals surface area (Å²) >= 11 is 3.45. The van der Waals surface area contributed by atoms with E-state index in [1.54, 1.807) is 0 Å². The summed E-state index contributed by atoms with van der Waals surface area (Å²) in [7, 11) is 2.04. The van der Waals surface area contributed by atoms with Crippen LogP contribution < -0.4 is 4.90 Å². The van der Waals surface area contributed by atoms with Gasteiger partial charge in [-0.1, -0.05) is 35.8 Å². The van der Waals surface area contributed by atoms with Crippen LogP contribution in [-0.4, -0.2) is 25.3 Å². The molecule has 0 aromatic heterocycles. The summed E-state index contributed by atoms with van der Waals surface area (Å²) < 4.78 is 1.08. The second-order valence-electron chi connectivity index (χ2n) is 4.66. The maximum atomic E-state index is 9.21. The molecule has 0 fully saturated rings. The Hall–Kier alpha value is -0.540. The molecule has 0 heterocycles. The molecule has 0 saturated carbocycles. The minimum Gasteiger partial charge on any atom is -0.396 e. The van der Waals surface area contributed by atoms with Gasteiger partial charge in [-0.15, -0.1) is 0 Å². The van der Waals surface area contributed by atoms with Crippen molar-refractivity contribution in [2.75, 3.05) is 25.1 Å². The molecular weight excluding hydrogens is 254 g/mol. The van der Waals surface area contributed by atoms with E-state index >= 15 is 0 Å². The summed E-state index contributed by atoms with van der Waals surface area (Å²) in [6.45, 7) is 5.15.